The summed E-state index contributed by atoms with van der Waals surface area (Å²) in [6, 6.07) is 12.5. The lowest BCUT2D eigenvalue weighted by molar-refractivity contribution is 0.103. The fourth-order valence-corrected chi connectivity index (χ4v) is 4.87. The first kappa shape index (κ1) is 22.8. The van der Waals surface area contributed by atoms with Crippen molar-refractivity contribution in [2.24, 2.45) is 0 Å². The molecule has 9 heteroatoms. The van der Waals surface area contributed by atoms with Gasteiger partial charge in [-0.2, -0.15) is 0 Å². The molecule has 33 heavy (non-hydrogen) atoms. The van der Waals surface area contributed by atoms with Gasteiger partial charge < -0.3 is 0 Å². The van der Waals surface area contributed by atoms with Gasteiger partial charge in [-0.3, -0.25) is 19.5 Å². The minimum absolute atomic E-state index is 0.137. The summed E-state index contributed by atoms with van der Waals surface area (Å²) in [6.07, 6.45) is 5.48. The van der Waals surface area contributed by atoms with Gasteiger partial charge in [-0.05, 0) is 48.9 Å². The van der Waals surface area contributed by atoms with Crippen molar-refractivity contribution < 1.29 is 17.6 Å². The van der Waals surface area contributed by atoms with Crippen LogP contribution in [-0.2, 0) is 10.0 Å². The monoisotopic (exact) mass is 483 g/mol. The molecule has 4 aromatic rings. The standard InChI is InChI=1S/C24H19ClFN3O3S/c1-2-8-33(31,32)29-22-12-19(26)11-20(23(22)25)24(30)15-5-6-21-17(9-15)10-18(14-28-21)16-4-3-7-27-13-16/h3-7,9-14,29H,2,8H2,1H3. The van der Waals surface area contributed by atoms with Crippen LogP contribution in [0.5, 0.6) is 0 Å². The van der Waals surface area contributed by atoms with Gasteiger partial charge in [0.25, 0.3) is 0 Å². The zero-order chi connectivity index (χ0) is 23.6. The van der Waals surface area contributed by atoms with Gasteiger partial charge in [0.05, 0.1) is 22.0 Å². The molecule has 0 aliphatic carbocycles. The van der Waals surface area contributed by atoms with Gasteiger partial charge in [-0.25, -0.2) is 12.8 Å². The van der Waals surface area contributed by atoms with Crippen molar-refractivity contribution in [3.63, 3.8) is 0 Å². The van der Waals surface area contributed by atoms with Crippen LogP contribution in [0.2, 0.25) is 5.02 Å². The fraction of sp³-hybridized carbons (Fsp3) is 0.125. The molecule has 4 rings (SSSR count). The average Bonchev–Trinajstić information content (AvgIpc) is 2.80. The molecule has 2 aromatic heterocycles. The molecule has 2 aromatic carbocycles. The number of pyridine rings is 2. The molecule has 0 aliphatic rings. The summed E-state index contributed by atoms with van der Waals surface area (Å²) < 4.78 is 40.8. The first-order valence-electron chi connectivity index (χ1n) is 10.1. The van der Waals surface area contributed by atoms with Crippen LogP contribution in [0.1, 0.15) is 29.3 Å². The Hall–Kier alpha value is -3.36. The molecule has 0 radical (unpaired) electrons. The van der Waals surface area contributed by atoms with E-state index in [1.54, 1.807) is 43.7 Å². The van der Waals surface area contributed by atoms with Crippen molar-refractivity contribution in [3.8, 4) is 11.1 Å². The van der Waals surface area contributed by atoms with Crippen LogP contribution in [0.15, 0.2) is 67.1 Å². The Morgan fingerprint density at radius 2 is 1.91 bits per heavy atom. The maximum Gasteiger partial charge on any atom is 0.232 e. The molecular formula is C24H19ClFN3O3S. The van der Waals surface area contributed by atoms with Crippen LogP contribution in [-0.4, -0.2) is 29.9 Å². The predicted molar refractivity (Wildman–Crippen MR) is 128 cm³/mol. The van der Waals surface area contributed by atoms with E-state index in [2.05, 4.69) is 14.7 Å². The van der Waals surface area contributed by atoms with Crippen molar-refractivity contribution in [3.05, 3.63) is 89.1 Å². The summed E-state index contributed by atoms with van der Waals surface area (Å²) in [4.78, 5) is 21.7. The fourth-order valence-electron chi connectivity index (χ4n) is 3.44. The van der Waals surface area contributed by atoms with Crippen LogP contribution in [0, 0.1) is 5.82 Å². The number of fused-ring (bicyclic) bond motifs is 1. The van der Waals surface area contributed by atoms with Gasteiger partial charge in [0, 0.05) is 46.2 Å². The zero-order valence-corrected chi connectivity index (χ0v) is 19.1. The molecule has 0 unspecified atom stereocenters. The van der Waals surface area contributed by atoms with Gasteiger partial charge in [0.15, 0.2) is 5.78 Å². The van der Waals surface area contributed by atoms with Crippen molar-refractivity contribution in [1.82, 2.24) is 9.97 Å². The third-order valence-electron chi connectivity index (χ3n) is 4.96. The topological polar surface area (TPSA) is 89.0 Å². The Morgan fingerprint density at radius 3 is 2.64 bits per heavy atom. The molecule has 1 N–H and O–H groups in total. The number of rotatable bonds is 7. The summed E-state index contributed by atoms with van der Waals surface area (Å²) in [6.45, 7) is 1.70. The lowest BCUT2D eigenvalue weighted by Gasteiger charge is -2.12. The molecule has 0 aliphatic heterocycles. The minimum Gasteiger partial charge on any atom is -0.289 e. The summed E-state index contributed by atoms with van der Waals surface area (Å²) >= 11 is 6.32. The third kappa shape index (κ3) is 5.02. The summed E-state index contributed by atoms with van der Waals surface area (Å²) in [5, 5.41) is 0.544. The van der Waals surface area contributed by atoms with Crippen LogP contribution in [0.25, 0.3) is 22.0 Å². The maximum absolute atomic E-state index is 14.3. The number of hydrogen-bond acceptors (Lipinski definition) is 5. The molecule has 0 amide bonds. The molecule has 0 saturated heterocycles. The van der Waals surface area contributed by atoms with E-state index in [0.29, 0.717) is 17.3 Å². The molecule has 0 bridgehead atoms. The van der Waals surface area contributed by atoms with Gasteiger partial charge in [-0.1, -0.05) is 24.6 Å². The van der Waals surface area contributed by atoms with Crippen molar-refractivity contribution in [2.75, 3.05) is 10.5 Å². The van der Waals surface area contributed by atoms with E-state index in [0.717, 1.165) is 23.3 Å². The average molecular weight is 484 g/mol. The van der Waals surface area contributed by atoms with Crippen molar-refractivity contribution in [1.29, 1.82) is 0 Å². The smallest absolute Gasteiger partial charge is 0.232 e. The summed E-state index contributed by atoms with van der Waals surface area (Å²) in [7, 11) is -3.72. The first-order chi connectivity index (χ1) is 15.8. The van der Waals surface area contributed by atoms with Gasteiger partial charge in [0.2, 0.25) is 10.0 Å². The zero-order valence-electron chi connectivity index (χ0n) is 17.5. The van der Waals surface area contributed by atoms with Gasteiger partial charge in [-0.15, -0.1) is 0 Å². The highest BCUT2D eigenvalue weighted by molar-refractivity contribution is 7.92. The highest BCUT2D eigenvalue weighted by Crippen LogP contribution is 2.31. The third-order valence-corrected chi connectivity index (χ3v) is 6.84. The lowest BCUT2D eigenvalue weighted by atomic mass is 9.99. The van der Waals surface area contributed by atoms with E-state index in [9.17, 15) is 17.6 Å². The number of carbonyl (C=O) groups is 1. The molecule has 0 fully saturated rings. The van der Waals surface area contributed by atoms with Crippen LogP contribution in [0.4, 0.5) is 10.1 Å². The number of hydrogen-bond donors (Lipinski definition) is 1. The SMILES string of the molecule is CCCS(=O)(=O)Nc1cc(F)cc(C(=O)c2ccc3ncc(-c4cccnc4)cc3c2)c1Cl. The van der Waals surface area contributed by atoms with E-state index in [4.69, 9.17) is 11.6 Å². The normalized spacial score (nSPS) is 11.5. The second kappa shape index (κ2) is 9.25. The Bertz CT molecular complexity index is 1460. The Morgan fingerprint density at radius 1 is 1.09 bits per heavy atom. The number of ketones is 1. The van der Waals surface area contributed by atoms with Crippen molar-refractivity contribution in [2.45, 2.75) is 13.3 Å². The van der Waals surface area contributed by atoms with E-state index in [-0.39, 0.29) is 27.6 Å². The van der Waals surface area contributed by atoms with E-state index in [1.807, 2.05) is 18.2 Å². The van der Waals surface area contributed by atoms with Gasteiger partial charge in [0.1, 0.15) is 5.82 Å². The number of sulfonamides is 1. The largest absolute Gasteiger partial charge is 0.289 e. The maximum atomic E-state index is 14.3. The lowest BCUT2D eigenvalue weighted by Crippen LogP contribution is -2.17. The summed E-state index contributed by atoms with van der Waals surface area (Å²) in [5.41, 5.74) is 2.34. The highest BCUT2D eigenvalue weighted by atomic mass is 35.5. The molecule has 168 valence electrons. The summed E-state index contributed by atoms with van der Waals surface area (Å²) in [5.74, 6) is -1.47. The van der Waals surface area contributed by atoms with Crippen LogP contribution >= 0.6 is 11.6 Å². The number of halogens is 2. The predicted octanol–water partition coefficient (Wildman–Crippen LogP) is 5.47. The molecule has 2 heterocycles. The van der Waals surface area contributed by atoms with Crippen molar-refractivity contribution >= 4 is 44.0 Å². The molecular weight excluding hydrogens is 465 g/mol. The van der Waals surface area contributed by atoms with E-state index >= 15 is 0 Å². The molecule has 6 nitrogen and oxygen atoms in total. The Kier molecular flexibility index (Phi) is 6.40. The first-order valence-corrected chi connectivity index (χ1v) is 12.1. The molecule has 0 saturated carbocycles. The quantitative estimate of drug-likeness (QED) is 0.352. The number of anilines is 1. The molecule has 0 atom stereocenters. The second-order valence-electron chi connectivity index (χ2n) is 7.44. The second-order valence-corrected chi connectivity index (χ2v) is 9.66. The highest BCUT2D eigenvalue weighted by Gasteiger charge is 2.20. The van der Waals surface area contributed by atoms with Crippen LogP contribution < -0.4 is 4.72 Å². The molecule has 0 spiro atoms. The van der Waals surface area contributed by atoms with E-state index in [1.165, 1.54) is 0 Å². The van der Waals surface area contributed by atoms with E-state index < -0.39 is 21.6 Å². The number of nitrogens with zero attached hydrogens (tertiary/aromatic N) is 2. The minimum atomic E-state index is -3.72. The number of benzene rings is 2. The van der Waals surface area contributed by atoms with Crippen LogP contribution in [0.3, 0.4) is 0 Å². The Labute approximate surface area is 195 Å². The number of aromatic nitrogens is 2. The number of carbonyl (C=O) groups excluding carboxylic acids is 1. The van der Waals surface area contributed by atoms with Gasteiger partial charge >= 0.3 is 0 Å². The Balaban J connectivity index is 1.73. The number of nitrogens with one attached hydrogen (secondary N) is 1.